The van der Waals surface area contributed by atoms with Gasteiger partial charge in [0.1, 0.15) is 11.3 Å². The third-order valence-electron chi connectivity index (χ3n) is 5.38. The first-order chi connectivity index (χ1) is 14.7. The third-order valence-corrected chi connectivity index (χ3v) is 5.38. The molecule has 2 aromatic carbocycles. The first kappa shape index (κ1) is 18.2. The fraction of sp³-hybridized carbons (Fsp3) is 0.174. The van der Waals surface area contributed by atoms with E-state index in [4.69, 9.17) is 10.2 Å². The van der Waals surface area contributed by atoms with Crippen LogP contribution in [0.2, 0.25) is 0 Å². The molecule has 7 heteroatoms. The van der Waals surface area contributed by atoms with Crippen molar-refractivity contribution in [1.29, 1.82) is 0 Å². The van der Waals surface area contributed by atoms with Gasteiger partial charge in [0, 0.05) is 31.7 Å². The fourth-order valence-corrected chi connectivity index (χ4v) is 3.73. The van der Waals surface area contributed by atoms with Gasteiger partial charge in [-0.2, -0.15) is 0 Å². The minimum atomic E-state index is 0.0674. The van der Waals surface area contributed by atoms with Crippen LogP contribution in [0.25, 0.3) is 22.6 Å². The fourth-order valence-electron chi connectivity index (χ4n) is 3.73. The molecule has 0 aliphatic carbocycles. The molecule has 4 aromatic rings. The minimum absolute atomic E-state index is 0.0674. The standard InChI is InChI=1S/C23H21N5O2/c24-21-18(22-26-19-8-4-5-9-20(19)30-22)14-17(15-25-21)27-10-12-28(13-11-27)23(29)16-6-2-1-3-7-16/h1-9,14-15H,10-13H2,(H2,24,25). The quantitative estimate of drug-likeness (QED) is 0.568. The number of nitrogen functional groups attached to an aromatic ring is 1. The lowest BCUT2D eigenvalue weighted by molar-refractivity contribution is 0.0747. The monoisotopic (exact) mass is 399 g/mol. The maximum Gasteiger partial charge on any atom is 0.253 e. The van der Waals surface area contributed by atoms with Gasteiger partial charge in [-0.3, -0.25) is 4.79 Å². The van der Waals surface area contributed by atoms with Crippen molar-refractivity contribution in [2.45, 2.75) is 0 Å². The number of benzene rings is 2. The number of nitrogens with two attached hydrogens (primary N) is 1. The van der Waals surface area contributed by atoms with E-state index in [1.54, 1.807) is 6.20 Å². The van der Waals surface area contributed by atoms with Crippen LogP contribution < -0.4 is 10.6 Å². The van der Waals surface area contributed by atoms with Crippen molar-refractivity contribution in [3.63, 3.8) is 0 Å². The molecule has 0 radical (unpaired) electrons. The van der Waals surface area contributed by atoms with Crippen LogP contribution in [0, 0.1) is 0 Å². The predicted octanol–water partition coefficient (Wildman–Crippen LogP) is 3.43. The van der Waals surface area contributed by atoms with E-state index in [2.05, 4.69) is 14.9 Å². The molecule has 0 unspecified atom stereocenters. The highest BCUT2D eigenvalue weighted by atomic mass is 16.3. The summed E-state index contributed by atoms with van der Waals surface area (Å²) < 4.78 is 5.87. The van der Waals surface area contributed by atoms with Crippen molar-refractivity contribution in [3.8, 4) is 11.5 Å². The maximum absolute atomic E-state index is 12.7. The van der Waals surface area contributed by atoms with Gasteiger partial charge in [0.05, 0.1) is 17.4 Å². The van der Waals surface area contributed by atoms with Crippen molar-refractivity contribution in [3.05, 3.63) is 72.4 Å². The molecule has 7 nitrogen and oxygen atoms in total. The smallest absolute Gasteiger partial charge is 0.253 e. The molecule has 0 saturated carbocycles. The highest BCUT2D eigenvalue weighted by molar-refractivity contribution is 5.94. The Labute approximate surface area is 173 Å². The molecule has 0 spiro atoms. The van der Waals surface area contributed by atoms with E-state index in [0.29, 0.717) is 35.9 Å². The maximum atomic E-state index is 12.7. The Balaban J connectivity index is 1.35. The Kier molecular flexibility index (Phi) is 4.55. The first-order valence-corrected chi connectivity index (χ1v) is 9.90. The van der Waals surface area contributed by atoms with Crippen LogP contribution in [0.4, 0.5) is 11.5 Å². The first-order valence-electron chi connectivity index (χ1n) is 9.90. The van der Waals surface area contributed by atoms with Crippen LogP contribution in [0.3, 0.4) is 0 Å². The van der Waals surface area contributed by atoms with Crippen molar-refractivity contribution in [1.82, 2.24) is 14.9 Å². The summed E-state index contributed by atoms with van der Waals surface area (Å²) in [6.45, 7) is 2.74. The molecular formula is C23H21N5O2. The largest absolute Gasteiger partial charge is 0.436 e. The number of hydrogen-bond acceptors (Lipinski definition) is 6. The van der Waals surface area contributed by atoms with Gasteiger partial charge in [-0.25, -0.2) is 9.97 Å². The van der Waals surface area contributed by atoms with E-state index in [-0.39, 0.29) is 5.91 Å². The number of fused-ring (bicyclic) bond motifs is 1. The zero-order chi connectivity index (χ0) is 20.5. The average Bonchev–Trinajstić information content (AvgIpc) is 3.24. The second kappa shape index (κ2) is 7.51. The molecule has 0 bridgehead atoms. The van der Waals surface area contributed by atoms with Gasteiger partial charge in [-0.1, -0.05) is 30.3 Å². The lowest BCUT2D eigenvalue weighted by atomic mass is 10.1. The van der Waals surface area contributed by atoms with Crippen molar-refractivity contribution < 1.29 is 9.21 Å². The Bertz CT molecular complexity index is 1160. The number of pyridine rings is 1. The predicted molar refractivity (Wildman–Crippen MR) is 116 cm³/mol. The van der Waals surface area contributed by atoms with Gasteiger partial charge in [0.15, 0.2) is 5.58 Å². The van der Waals surface area contributed by atoms with Gasteiger partial charge in [-0.15, -0.1) is 0 Å². The number of carbonyl (C=O) groups excluding carboxylic acids is 1. The molecule has 5 rings (SSSR count). The molecule has 30 heavy (non-hydrogen) atoms. The van der Waals surface area contributed by atoms with Gasteiger partial charge >= 0.3 is 0 Å². The van der Waals surface area contributed by atoms with E-state index >= 15 is 0 Å². The van der Waals surface area contributed by atoms with Crippen molar-refractivity contribution in [2.24, 2.45) is 0 Å². The zero-order valence-electron chi connectivity index (χ0n) is 16.4. The Morgan fingerprint density at radius 1 is 0.967 bits per heavy atom. The van der Waals surface area contributed by atoms with Crippen LogP contribution in [0.1, 0.15) is 10.4 Å². The number of rotatable bonds is 3. The normalized spacial score (nSPS) is 14.3. The molecule has 1 fully saturated rings. The molecule has 1 saturated heterocycles. The Morgan fingerprint density at radius 2 is 1.70 bits per heavy atom. The summed E-state index contributed by atoms with van der Waals surface area (Å²) in [5, 5.41) is 0. The lowest BCUT2D eigenvalue weighted by Crippen LogP contribution is -2.48. The summed E-state index contributed by atoms with van der Waals surface area (Å²) in [5.74, 6) is 0.905. The highest BCUT2D eigenvalue weighted by Gasteiger charge is 2.23. The number of anilines is 2. The van der Waals surface area contributed by atoms with Gasteiger partial charge < -0.3 is 20.0 Å². The summed E-state index contributed by atoms with van der Waals surface area (Å²) >= 11 is 0. The number of nitrogens with zero attached hydrogens (tertiary/aromatic N) is 4. The molecule has 150 valence electrons. The van der Waals surface area contributed by atoms with E-state index in [0.717, 1.165) is 29.9 Å². The molecule has 3 heterocycles. The number of para-hydroxylation sites is 2. The van der Waals surface area contributed by atoms with Gasteiger partial charge in [0.2, 0.25) is 5.89 Å². The summed E-state index contributed by atoms with van der Waals surface area (Å²) in [6, 6.07) is 19.0. The van der Waals surface area contributed by atoms with Crippen LogP contribution >= 0.6 is 0 Å². The minimum Gasteiger partial charge on any atom is -0.436 e. The molecule has 0 atom stereocenters. The lowest BCUT2D eigenvalue weighted by Gasteiger charge is -2.36. The molecule has 2 aromatic heterocycles. The Hall–Kier alpha value is -3.87. The van der Waals surface area contributed by atoms with Crippen LogP contribution in [0.5, 0.6) is 0 Å². The molecule has 1 aliphatic rings. The number of amides is 1. The second-order valence-corrected chi connectivity index (χ2v) is 7.26. The SMILES string of the molecule is Nc1ncc(N2CCN(C(=O)c3ccccc3)CC2)cc1-c1nc2ccccc2o1. The second-order valence-electron chi connectivity index (χ2n) is 7.26. The number of aromatic nitrogens is 2. The average molecular weight is 399 g/mol. The molecule has 1 aliphatic heterocycles. The molecule has 2 N–H and O–H groups in total. The summed E-state index contributed by atoms with van der Waals surface area (Å²) in [7, 11) is 0. The number of oxazole rings is 1. The summed E-state index contributed by atoms with van der Waals surface area (Å²) in [5.41, 5.74) is 9.94. The topological polar surface area (TPSA) is 88.5 Å². The molecule has 1 amide bonds. The Morgan fingerprint density at radius 3 is 2.47 bits per heavy atom. The number of carbonyl (C=O) groups is 1. The zero-order valence-corrected chi connectivity index (χ0v) is 16.4. The third kappa shape index (κ3) is 3.34. The van der Waals surface area contributed by atoms with E-state index < -0.39 is 0 Å². The van der Waals surface area contributed by atoms with Crippen LogP contribution in [-0.4, -0.2) is 47.0 Å². The van der Waals surface area contributed by atoms with Gasteiger partial charge in [-0.05, 0) is 30.3 Å². The molecular weight excluding hydrogens is 378 g/mol. The van der Waals surface area contributed by atoms with E-state index in [1.807, 2.05) is 65.6 Å². The van der Waals surface area contributed by atoms with E-state index in [1.165, 1.54) is 0 Å². The number of hydrogen-bond donors (Lipinski definition) is 1. The van der Waals surface area contributed by atoms with Crippen molar-refractivity contribution in [2.75, 3.05) is 36.8 Å². The van der Waals surface area contributed by atoms with Crippen LogP contribution in [-0.2, 0) is 0 Å². The number of piperazine rings is 1. The van der Waals surface area contributed by atoms with Gasteiger partial charge in [0.25, 0.3) is 5.91 Å². The summed E-state index contributed by atoms with van der Waals surface area (Å²) in [6.07, 6.45) is 1.76. The van der Waals surface area contributed by atoms with E-state index in [9.17, 15) is 4.79 Å². The van der Waals surface area contributed by atoms with Crippen LogP contribution in [0.15, 0.2) is 71.3 Å². The van der Waals surface area contributed by atoms with Crippen molar-refractivity contribution >= 4 is 28.5 Å². The highest BCUT2D eigenvalue weighted by Crippen LogP contribution is 2.31. The summed E-state index contributed by atoms with van der Waals surface area (Å²) in [4.78, 5) is 25.7.